The van der Waals surface area contributed by atoms with Crippen LogP contribution in [0.3, 0.4) is 0 Å². The molecule has 0 saturated heterocycles. The highest BCUT2D eigenvalue weighted by atomic mass is 16.2. The van der Waals surface area contributed by atoms with E-state index in [1.165, 1.54) is 0 Å². The van der Waals surface area contributed by atoms with Crippen LogP contribution in [0, 0.1) is 16.7 Å². The first-order valence-corrected chi connectivity index (χ1v) is 9.34. The molecule has 1 atom stereocenters. The fourth-order valence-corrected chi connectivity index (χ4v) is 2.92. The summed E-state index contributed by atoms with van der Waals surface area (Å²) in [6, 6.07) is 8.50. The van der Waals surface area contributed by atoms with Crippen LogP contribution in [-0.2, 0) is 16.1 Å². The van der Waals surface area contributed by atoms with Gasteiger partial charge in [-0.1, -0.05) is 39.0 Å². The summed E-state index contributed by atoms with van der Waals surface area (Å²) in [6.45, 7) is 5.61. The summed E-state index contributed by atoms with van der Waals surface area (Å²) in [4.78, 5) is 36.5. The third-order valence-electron chi connectivity index (χ3n) is 4.37. The molecule has 0 aliphatic heterocycles. The molecule has 1 aromatic carbocycles. The van der Waals surface area contributed by atoms with Crippen molar-refractivity contribution in [1.29, 1.82) is 5.26 Å². The minimum Gasteiger partial charge on any atom is -0.368 e. The lowest BCUT2D eigenvalue weighted by molar-refractivity contribution is -0.128. The van der Waals surface area contributed by atoms with E-state index in [0.29, 0.717) is 24.8 Å². The highest BCUT2D eigenvalue weighted by molar-refractivity contribution is 6.06. The van der Waals surface area contributed by atoms with E-state index in [2.05, 4.69) is 21.8 Å². The molecule has 9 nitrogen and oxygen atoms in total. The Bertz CT molecular complexity index is 951. The van der Waals surface area contributed by atoms with Crippen molar-refractivity contribution in [2.75, 3.05) is 6.54 Å². The Morgan fingerprint density at radius 3 is 2.59 bits per heavy atom. The minimum absolute atomic E-state index is 0.203. The normalized spacial score (nSPS) is 12.2. The van der Waals surface area contributed by atoms with Crippen molar-refractivity contribution < 1.29 is 14.4 Å². The van der Waals surface area contributed by atoms with Gasteiger partial charge in [-0.15, -0.1) is 0 Å². The number of nitrogens with one attached hydrogen (secondary N) is 2. The van der Waals surface area contributed by atoms with E-state index < -0.39 is 29.2 Å². The smallest absolute Gasteiger partial charge is 0.273 e. The molecule has 1 heterocycles. The van der Waals surface area contributed by atoms with Crippen molar-refractivity contribution in [2.45, 2.75) is 46.2 Å². The Morgan fingerprint density at radius 1 is 1.28 bits per heavy atom. The number of carbonyl (C=O) groups excluding carboxylic acids is 3. The lowest BCUT2D eigenvalue weighted by Gasteiger charge is -2.30. The molecule has 2 aromatic rings. The highest BCUT2D eigenvalue weighted by Crippen LogP contribution is 2.22. The molecule has 1 aromatic heterocycles. The molecule has 4 N–H and O–H groups in total. The number of nitriles is 1. The first-order valence-electron chi connectivity index (χ1n) is 9.34. The molecule has 154 valence electrons. The molecule has 0 saturated carbocycles. The van der Waals surface area contributed by atoms with Crippen molar-refractivity contribution >= 4 is 28.6 Å². The average molecular weight is 398 g/mol. The maximum absolute atomic E-state index is 13.0. The number of benzene rings is 1. The number of primary amides is 1. The Labute approximate surface area is 169 Å². The predicted octanol–water partition coefficient (Wildman–Crippen LogP) is 1.09. The molecule has 0 fully saturated rings. The van der Waals surface area contributed by atoms with Gasteiger partial charge in [-0.3, -0.25) is 19.1 Å². The predicted molar refractivity (Wildman–Crippen MR) is 107 cm³/mol. The molecule has 3 amide bonds. The topological polar surface area (TPSA) is 143 Å². The summed E-state index contributed by atoms with van der Waals surface area (Å²) in [6.07, 6.45) is 1.01. The van der Waals surface area contributed by atoms with Gasteiger partial charge in [-0.25, -0.2) is 0 Å². The first-order chi connectivity index (χ1) is 13.6. The lowest BCUT2D eigenvalue weighted by atomic mass is 9.86. The molecule has 0 radical (unpaired) electrons. The summed E-state index contributed by atoms with van der Waals surface area (Å²) >= 11 is 0. The zero-order valence-electron chi connectivity index (χ0n) is 16.9. The number of carbonyl (C=O) groups is 3. The largest absolute Gasteiger partial charge is 0.368 e. The number of hydrogen-bond acceptors (Lipinski definition) is 5. The number of hydrogen-bond donors (Lipinski definition) is 3. The Morgan fingerprint density at radius 2 is 1.97 bits per heavy atom. The monoisotopic (exact) mass is 398 g/mol. The first kappa shape index (κ1) is 21.9. The van der Waals surface area contributed by atoms with Crippen LogP contribution in [0.4, 0.5) is 0 Å². The van der Waals surface area contributed by atoms with Crippen molar-refractivity contribution in [1.82, 2.24) is 20.4 Å². The molecule has 0 spiro atoms. The van der Waals surface area contributed by atoms with Gasteiger partial charge in [0.05, 0.1) is 18.1 Å². The molecular weight excluding hydrogens is 372 g/mol. The number of aryl methyl sites for hydroxylation is 1. The second-order valence-corrected chi connectivity index (χ2v) is 7.81. The second kappa shape index (κ2) is 9.19. The number of amides is 3. The number of fused-ring (bicyclic) bond motifs is 1. The molecule has 0 aliphatic rings. The van der Waals surface area contributed by atoms with Crippen LogP contribution in [0.25, 0.3) is 10.9 Å². The van der Waals surface area contributed by atoms with E-state index in [1.54, 1.807) is 37.6 Å². The Kier molecular flexibility index (Phi) is 6.93. The van der Waals surface area contributed by atoms with Gasteiger partial charge in [0.15, 0.2) is 5.69 Å². The van der Waals surface area contributed by atoms with Crippen molar-refractivity contribution in [2.24, 2.45) is 11.1 Å². The third-order valence-corrected chi connectivity index (χ3v) is 4.37. The third kappa shape index (κ3) is 5.54. The number of para-hydroxylation sites is 1. The number of nitrogens with zero attached hydrogens (tertiary/aromatic N) is 3. The van der Waals surface area contributed by atoms with Gasteiger partial charge in [0, 0.05) is 18.4 Å². The Hall–Kier alpha value is -3.41. The highest BCUT2D eigenvalue weighted by Gasteiger charge is 2.34. The number of unbranched alkanes of at least 4 members (excludes halogenated alkanes) is 1. The van der Waals surface area contributed by atoms with Gasteiger partial charge in [-0.2, -0.15) is 10.4 Å². The van der Waals surface area contributed by atoms with Gasteiger partial charge in [0.1, 0.15) is 6.04 Å². The van der Waals surface area contributed by atoms with Crippen molar-refractivity contribution in [3.8, 4) is 6.07 Å². The van der Waals surface area contributed by atoms with E-state index in [-0.39, 0.29) is 12.2 Å². The lowest BCUT2D eigenvalue weighted by Crippen LogP contribution is -2.54. The zero-order chi connectivity index (χ0) is 21.6. The molecular formula is C20H26N6O3. The van der Waals surface area contributed by atoms with Gasteiger partial charge >= 0.3 is 0 Å². The van der Waals surface area contributed by atoms with E-state index >= 15 is 0 Å². The zero-order valence-corrected chi connectivity index (χ0v) is 16.9. The van der Waals surface area contributed by atoms with Gasteiger partial charge in [0.2, 0.25) is 11.8 Å². The summed E-state index contributed by atoms with van der Waals surface area (Å²) in [5.41, 5.74) is 5.46. The van der Waals surface area contributed by atoms with Gasteiger partial charge in [-0.05, 0) is 17.9 Å². The molecule has 9 heteroatoms. The number of aromatic nitrogens is 2. The fourth-order valence-electron chi connectivity index (χ4n) is 2.92. The average Bonchev–Trinajstić information content (AvgIpc) is 3.02. The van der Waals surface area contributed by atoms with Gasteiger partial charge < -0.3 is 16.4 Å². The molecule has 0 unspecified atom stereocenters. The summed E-state index contributed by atoms with van der Waals surface area (Å²) in [5.74, 6) is -1.66. The minimum atomic E-state index is -0.892. The van der Waals surface area contributed by atoms with Crippen molar-refractivity contribution in [3.05, 3.63) is 30.0 Å². The van der Waals surface area contributed by atoms with Gasteiger partial charge in [0.25, 0.3) is 5.91 Å². The second-order valence-electron chi connectivity index (χ2n) is 7.81. The maximum atomic E-state index is 13.0. The van der Waals surface area contributed by atoms with Crippen molar-refractivity contribution in [3.63, 3.8) is 0 Å². The van der Waals surface area contributed by atoms with E-state index in [4.69, 9.17) is 11.0 Å². The summed E-state index contributed by atoms with van der Waals surface area (Å²) in [7, 11) is 0. The summed E-state index contributed by atoms with van der Waals surface area (Å²) in [5, 5.41) is 19.0. The van der Waals surface area contributed by atoms with E-state index in [1.807, 2.05) is 12.1 Å². The number of rotatable bonds is 8. The van der Waals surface area contributed by atoms with E-state index in [9.17, 15) is 14.4 Å². The van der Waals surface area contributed by atoms with E-state index in [0.717, 1.165) is 5.52 Å². The Balaban J connectivity index is 2.30. The fraction of sp³-hybridized carbons (Fsp3) is 0.450. The number of nitrogens with two attached hydrogens (primary N) is 1. The van der Waals surface area contributed by atoms with Crippen LogP contribution in [-0.4, -0.2) is 40.1 Å². The SMILES string of the molecule is CC(C)(C)[C@H](NC(=O)c1nn(CCCC#N)c2ccccc12)C(=O)NCC(N)=O. The van der Waals surface area contributed by atoms with Crippen LogP contribution < -0.4 is 16.4 Å². The molecule has 2 rings (SSSR count). The van der Waals surface area contributed by atoms with Crippen LogP contribution in [0.5, 0.6) is 0 Å². The quantitative estimate of drug-likeness (QED) is 0.570. The molecule has 29 heavy (non-hydrogen) atoms. The van der Waals surface area contributed by atoms with Crippen LogP contribution in [0.1, 0.15) is 44.1 Å². The molecule has 0 bridgehead atoms. The van der Waals surface area contributed by atoms with Crippen LogP contribution in [0.15, 0.2) is 24.3 Å². The summed E-state index contributed by atoms with van der Waals surface area (Å²) < 4.78 is 1.70. The molecule has 0 aliphatic carbocycles. The maximum Gasteiger partial charge on any atom is 0.273 e. The van der Waals surface area contributed by atoms with Crippen LogP contribution >= 0.6 is 0 Å². The van der Waals surface area contributed by atoms with Crippen LogP contribution in [0.2, 0.25) is 0 Å². The standard InChI is InChI=1S/C20H26N6O3/c1-20(2,3)17(19(29)23-12-15(22)27)24-18(28)16-13-8-4-5-9-14(13)26(25-16)11-7-6-10-21/h4-5,8-9,17H,6-7,11-12H2,1-3H3,(H2,22,27)(H,23,29)(H,24,28)/t17-/m1/s1.